The van der Waals surface area contributed by atoms with Crippen molar-refractivity contribution >= 4 is 44.3 Å². The maximum Gasteiger partial charge on any atom is 0.311 e. The largest absolute Gasteiger partial charge is 0.462 e. The second-order valence-electron chi connectivity index (χ2n) is 9.96. The van der Waals surface area contributed by atoms with Crippen LogP contribution in [0.25, 0.3) is 21.3 Å². The second kappa shape index (κ2) is 9.00. The van der Waals surface area contributed by atoms with Crippen LogP contribution in [0.1, 0.15) is 58.8 Å². The van der Waals surface area contributed by atoms with Crippen molar-refractivity contribution in [2.45, 2.75) is 60.2 Å². The predicted octanol–water partition coefficient (Wildman–Crippen LogP) is 6.95. The number of hydrogen-bond acceptors (Lipinski definition) is 6. The van der Waals surface area contributed by atoms with Gasteiger partial charge in [0.25, 0.3) is 0 Å². The summed E-state index contributed by atoms with van der Waals surface area (Å²) in [5, 5.41) is 1.16. The summed E-state index contributed by atoms with van der Waals surface area (Å²) in [6.07, 6.45) is -0.472. The standard InChI is InChI=1S/C25H31ClN2O3S/c1-14-12-17-21(32-23(27)28-17)20(15-8-10-16(26)11-9-15)19(14)18(31-25(5,6)7)13-30-22(29)24(2,3)4/h8-12,18H,13H2,1-7H3,(H2,27,28). The highest BCUT2D eigenvalue weighted by atomic mass is 35.5. The van der Waals surface area contributed by atoms with Crippen molar-refractivity contribution < 1.29 is 14.3 Å². The molecule has 1 aromatic heterocycles. The number of nitrogen functional groups attached to an aromatic ring is 1. The molecule has 0 amide bonds. The summed E-state index contributed by atoms with van der Waals surface area (Å²) in [5.41, 5.74) is 9.76. The molecule has 7 heteroatoms. The Morgan fingerprint density at radius 3 is 2.34 bits per heavy atom. The van der Waals surface area contributed by atoms with Crippen LogP contribution < -0.4 is 5.73 Å². The summed E-state index contributed by atoms with van der Waals surface area (Å²) in [6.45, 7) is 13.6. The normalized spacial score (nSPS) is 13.4. The third kappa shape index (κ3) is 5.61. The quantitative estimate of drug-likeness (QED) is 0.405. The number of thiazole rings is 1. The van der Waals surface area contributed by atoms with E-state index in [0.717, 1.165) is 32.5 Å². The molecule has 1 unspecified atom stereocenters. The Balaban J connectivity index is 2.21. The molecule has 1 atom stereocenters. The van der Waals surface area contributed by atoms with E-state index in [9.17, 15) is 4.79 Å². The SMILES string of the molecule is Cc1cc2nc(N)sc2c(-c2ccc(Cl)cc2)c1C(COC(=O)C(C)(C)C)OC(C)(C)C. The molecule has 0 aliphatic heterocycles. The van der Waals surface area contributed by atoms with Crippen LogP contribution in [0.2, 0.25) is 5.02 Å². The van der Waals surface area contributed by atoms with E-state index < -0.39 is 17.1 Å². The summed E-state index contributed by atoms with van der Waals surface area (Å²) in [5.74, 6) is -0.270. The first-order chi connectivity index (χ1) is 14.8. The second-order valence-corrected chi connectivity index (χ2v) is 11.4. The van der Waals surface area contributed by atoms with Gasteiger partial charge in [0.2, 0.25) is 0 Å². The predicted molar refractivity (Wildman–Crippen MR) is 133 cm³/mol. The topological polar surface area (TPSA) is 74.4 Å². The lowest BCUT2D eigenvalue weighted by Crippen LogP contribution is -2.30. The Hall–Kier alpha value is -2.15. The van der Waals surface area contributed by atoms with E-state index >= 15 is 0 Å². The van der Waals surface area contributed by atoms with Gasteiger partial charge in [-0.2, -0.15) is 0 Å². The van der Waals surface area contributed by atoms with Gasteiger partial charge in [0, 0.05) is 10.6 Å². The maximum atomic E-state index is 12.5. The van der Waals surface area contributed by atoms with Crippen molar-refractivity contribution in [2.24, 2.45) is 5.41 Å². The highest BCUT2D eigenvalue weighted by molar-refractivity contribution is 7.22. The summed E-state index contributed by atoms with van der Waals surface area (Å²) in [7, 11) is 0. The number of rotatable bonds is 5. The lowest BCUT2D eigenvalue weighted by molar-refractivity contribution is -0.162. The van der Waals surface area contributed by atoms with Crippen LogP contribution in [-0.2, 0) is 14.3 Å². The lowest BCUT2D eigenvalue weighted by Gasteiger charge is -2.31. The number of carbonyl (C=O) groups excluding carboxylic acids is 1. The Labute approximate surface area is 198 Å². The molecule has 3 rings (SSSR count). The minimum absolute atomic E-state index is 0.106. The molecular weight excluding hydrogens is 444 g/mol. The minimum atomic E-state index is -0.601. The molecular formula is C25H31ClN2O3S. The molecule has 3 aromatic rings. The van der Waals surface area contributed by atoms with E-state index in [0.29, 0.717) is 10.2 Å². The molecule has 0 saturated carbocycles. The lowest BCUT2D eigenvalue weighted by atomic mass is 9.91. The highest BCUT2D eigenvalue weighted by Crippen LogP contribution is 2.43. The van der Waals surface area contributed by atoms with Gasteiger partial charge in [0.1, 0.15) is 12.7 Å². The smallest absolute Gasteiger partial charge is 0.311 e. The number of nitrogens with zero attached hydrogens (tertiary/aromatic N) is 1. The molecule has 2 aromatic carbocycles. The average molecular weight is 475 g/mol. The number of esters is 1. The molecule has 0 bridgehead atoms. The van der Waals surface area contributed by atoms with Crippen molar-refractivity contribution in [3.63, 3.8) is 0 Å². The third-order valence-corrected chi connectivity index (χ3v) is 6.04. The zero-order valence-corrected chi connectivity index (χ0v) is 21.3. The van der Waals surface area contributed by atoms with Crippen LogP contribution in [0.3, 0.4) is 0 Å². The number of ether oxygens (including phenoxy) is 2. The van der Waals surface area contributed by atoms with Gasteiger partial charge in [-0.1, -0.05) is 35.1 Å². The fraction of sp³-hybridized carbons (Fsp3) is 0.440. The number of halogens is 1. The zero-order valence-electron chi connectivity index (χ0n) is 19.7. The zero-order chi connectivity index (χ0) is 23.8. The van der Waals surface area contributed by atoms with Gasteiger partial charge in [0.15, 0.2) is 5.13 Å². The number of aromatic nitrogens is 1. The van der Waals surface area contributed by atoms with Crippen LogP contribution in [0, 0.1) is 12.3 Å². The molecule has 0 aliphatic carbocycles. The van der Waals surface area contributed by atoms with Gasteiger partial charge >= 0.3 is 5.97 Å². The summed E-state index contributed by atoms with van der Waals surface area (Å²) in [6, 6.07) is 9.69. The van der Waals surface area contributed by atoms with Crippen molar-refractivity contribution in [3.05, 3.63) is 46.5 Å². The number of benzene rings is 2. The number of carbonyl (C=O) groups is 1. The van der Waals surface area contributed by atoms with E-state index in [1.807, 2.05) is 78.8 Å². The molecule has 5 nitrogen and oxygen atoms in total. The van der Waals surface area contributed by atoms with Crippen molar-refractivity contribution in [1.29, 1.82) is 0 Å². The van der Waals surface area contributed by atoms with Crippen LogP contribution in [0.4, 0.5) is 5.13 Å². The minimum Gasteiger partial charge on any atom is -0.462 e. The molecule has 1 heterocycles. The molecule has 172 valence electrons. The van der Waals surface area contributed by atoms with Gasteiger partial charge < -0.3 is 15.2 Å². The summed E-state index contributed by atoms with van der Waals surface area (Å²) in [4.78, 5) is 17.0. The Morgan fingerprint density at radius 2 is 1.78 bits per heavy atom. The van der Waals surface area contributed by atoms with Gasteiger partial charge in [-0.05, 0) is 83.4 Å². The number of fused-ring (bicyclic) bond motifs is 1. The molecule has 0 aliphatic rings. The first kappa shape index (κ1) is 24.5. The number of hydrogen-bond donors (Lipinski definition) is 1. The average Bonchev–Trinajstić information content (AvgIpc) is 3.02. The maximum absolute atomic E-state index is 12.5. The number of aryl methyl sites for hydroxylation is 1. The Morgan fingerprint density at radius 1 is 1.16 bits per heavy atom. The van der Waals surface area contributed by atoms with Crippen molar-refractivity contribution in [1.82, 2.24) is 4.98 Å². The number of nitrogens with two attached hydrogens (primary N) is 1. The van der Waals surface area contributed by atoms with Gasteiger partial charge in [-0.3, -0.25) is 4.79 Å². The van der Waals surface area contributed by atoms with E-state index in [1.54, 1.807) is 0 Å². The van der Waals surface area contributed by atoms with E-state index in [1.165, 1.54) is 11.3 Å². The summed E-state index contributed by atoms with van der Waals surface area (Å²) < 4.78 is 13.2. The monoisotopic (exact) mass is 474 g/mol. The molecule has 0 radical (unpaired) electrons. The van der Waals surface area contributed by atoms with Crippen LogP contribution in [0.15, 0.2) is 30.3 Å². The van der Waals surface area contributed by atoms with Crippen molar-refractivity contribution in [2.75, 3.05) is 12.3 Å². The highest BCUT2D eigenvalue weighted by Gasteiger charge is 2.30. The first-order valence-electron chi connectivity index (χ1n) is 10.6. The molecule has 32 heavy (non-hydrogen) atoms. The summed E-state index contributed by atoms with van der Waals surface area (Å²) >= 11 is 7.59. The molecule has 2 N–H and O–H groups in total. The van der Waals surface area contributed by atoms with Gasteiger partial charge in [-0.15, -0.1) is 0 Å². The van der Waals surface area contributed by atoms with Crippen LogP contribution in [-0.4, -0.2) is 23.2 Å². The molecule has 0 fully saturated rings. The van der Waals surface area contributed by atoms with E-state index in [4.69, 9.17) is 26.8 Å². The Bertz CT molecular complexity index is 1130. The number of anilines is 1. The first-order valence-corrected chi connectivity index (χ1v) is 11.8. The van der Waals surface area contributed by atoms with Gasteiger partial charge in [-0.25, -0.2) is 4.98 Å². The van der Waals surface area contributed by atoms with Crippen molar-refractivity contribution in [3.8, 4) is 11.1 Å². The van der Waals surface area contributed by atoms with Gasteiger partial charge in [0.05, 0.1) is 21.2 Å². The fourth-order valence-corrected chi connectivity index (χ4v) is 4.54. The fourth-order valence-electron chi connectivity index (χ4n) is 3.52. The molecule has 0 saturated heterocycles. The van der Waals surface area contributed by atoms with Crippen LogP contribution in [0.5, 0.6) is 0 Å². The molecule has 0 spiro atoms. The van der Waals surface area contributed by atoms with Crippen LogP contribution >= 0.6 is 22.9 Å². The Kier molecular flexibility index (Phi) is 6.89. The third-order valence-electron chi connectivity index (χ3n) is 4.87. The van der Waals surface area contributed by atoms with E-state index in [-0.39, 0.29) is 12.6 Å². The van der Waals surface area contributed by atoms with E-state index in [2.05, 4.69) is 4.98 Å².